The van der Waals surface area contributed by atoms with E-state index in [1.165, 1.54) is 17.7 Å². The van der Waals surface area contributed by atoms with Crippen molar-refractivity contribution in [3.63, 3.8) is 0 Å². The molecule has 0 aliphatic rings. The second-order valence-corrected chi connectivity index (χ2v) is 7.16. The lowest BCUT2D eigenvalue weighted by molar-refractivity contribution is 0.828. The molecule has 0 amide bonds. The predicted molar refractivity (Wildman–Crippen MR) is 108 cm³/mol. The molecule has 0 radical (unpaired) electrons. The van der Waals surface area contributed by atoms with Crippen LogP contribution < -0.4 is 10.9 Å². The second-order valence-electron chi connectivity index (χ2n) is 6.29. The van der Waals surface area contributed by atoms with Gasteiger partial charge in [-0.2, -0.15) is 0 Å². The summed E-state index contributed by atoms with van der Waals surface area (Å²) in [6.07, 6.45) is 4.79. The third-order valence-electron chi connectivity index (χ3n) is 4.54. The van der Waals surface area contributed by atoms with E-state index in [0.717, 1.165) is 5.56 Å². The van der Waals surface area contributed by atoms with E-state index in [1.54, 1.807) is 16.9 Å². The number of aromatic nitrogens is 6. The van der Waals surface area contributed by atoms with E-state index < -0.39 is 0 Å². The van der Waals surface area contributed by atoms with Crippen LogP contribution in [0.3, 0.4) is 0 Å². The number of benzene rings is 1. The Labute approximate surface area is 163 Å². The van der Waals surface area contributed by atoms with Crippen molar-refractivity contribution in [2.24, 2.45) is 0 Å². The predicted octanol–water partition coefficient (Wildman–Crippen LogP) is 3.26. The Balaban J connectivity index is 1.67. The van der Waals surface area contributed by atoms with Crippen LogP contribution in [0.4, 0.5) is 5.82 Å². The van der Waals surface area contributed by atoms with Gasteiger partial charge in [-0.05, 0) is 12.5 Å². The summed E-state index contributed by atoms with van der Waals surface area (Å²) in [4.78, 5) is 34.3. The molecule has 9 heteroatoms. The third kappa shape index (κ3) is 2.64. The molecule has 0 spiro atoms. The van der Waals surface area contributed by atoms with Crippen molar-refractivity contribution < 1.29 is 0 Å². The Bertz CT molecular complexity index is 1340. The molecule has 0 bridgehead atoms. The number of hydrogen-bond acceptors (Lipinski definition) is 7. The fraction of sp³-hybridized carbons (Fsp3) is 0.105. The van der Waals surface area contributed by atoms with E-state index >= 15 is 0 Å². The topological polar surface area (TPSA) is 101 Å². The molecule has 0 saturated heterocycles. The average molecular weight is 389 g/mol. The Morgan fingerprint density at radius 3 is 2.89 bits per heavy atom. The van der Waals surface area contributed by atoms with Crippen molar-refractivity contribution in [2.45, 2.75) is 13.0 Å². The summed E-state index contributed by atoms with van der Waals surface area (Å²) in [5.74, 6) is 0.613. The lowest BCUT2D eigenvalue weighted by Gasteiger charge is -2.17. The fourth-order valence-electron chi connectivity index (χ4n) is 3.23. The Kier molecular flexibility index (Phi) is 3.87. The Morgan fingerprint density at radius 1 is 1.18 bits per heavy atom. The third-order valence-corrected chi connectivity index (χ3v) is 5.30. The minimum atomic E-state index is -0.267. The molecule has 1 unspecified atom stereocenters. The number of hydrogen-bond donors (Lipinski definition) is 2. The maximum atomic E-state index is 13.2. The molecule has 4 heterocycles. The van der Waals surface area contributed by atoms with Crippen LogP contribution in [0.1, 0.15) is 18.7 Å². The molecule has 1 aromatic carbocycles. The van der Waals surface area contributed by atoms with Gasteiger partial charge in [0, 0.05) is 11.6 Å². The molecule has 8 nitrogen and oxygen atoms in total. The first kappa shape index (κ1) is 16.6. The summed E-state index contributed by atoms with van der Waals surface area (Å²) in [5.41, 5.74) is 3.28. The molecule has 2 N–H and O–H groups in total. The van der Waals surface area contributed by atoms with Gasteiger partial charge < -0.3 is 10.3 Å². The van der Waals surface area contributed by atoms with Gasteiger partial charge in [0.2, 0.25) is 0 Å². The Hall–Kier alpha value is -3.59. The van der Waals surface area contributed by atoms with Gasteiger partial charge in [0.25, 0.3) is 5.56 Å². The smallest absolute Gasteiger partial charge is 0.266 e. The molecule has 5 rings (SSSR count). The zero-order chi connectivity index (χ0) is 19.1. The van der Waals surface area contributed by atoms with Crippen molar-refractivity contribution in [1.29, 1.82) is 0 Å². The number of nitrogens with one attached hydrogen (secondary N) is 2. The zero-order valence-corrected chi connectivity index (χ0v) is 15.6. The normalized spacial score (nSPS) is 12.5. The van der Waals surface area contributed by atoms with Crippen LogP contribution in [-0.4, -0.2) is 29.3 Å². The van der Waals surface area contributed by atoms with Crippen molar-refractivity contribution >= 4 is 33.3 Å². The highest BCUT2D eigenvalue weighted by molar-refractivity contribution is 7.15. The first-order chi connectivity index (χ1) is 13.7. The quantitative estimate of drug-likeness (QED) is 0.489. The van der Waals surface area contributed by atoms with E-state index in [9.17, 15) is 4.79 Å². The maximum Gasteiger partial charge on any atom is 0.266 e. The number of thiazole rings is 1. The monoisotopic (exact) mass is 389 g/mol. The molecule has 5 aromatic rings. The molecule has 0 saturated carbocycles. The summed E-state index contributed by atoms with van der Waals surface area (Å²) in [6.45, 7) is 1.96. The summed E-state index contributed by atoms with van der Waals surface area (Å²) >= 11 is 1.43. The minimum Gasteiger partial charge on any atom is -0.360 e. The van der Waals surface area contributed by atoms with E-state index in [2.05, 4.69) is 25.3 Å². The molecular formula is C19H15N7OS. The van der Waals surface area contributed by atoms with Crippen LogP contribution in [0.2, 0.25) is 0 Å². The highest BCUT2D eigenvalue weighted by Gasteiger charge is 2.21. The molecule has 0 aliphatic carbocycles. The SMILES string of the molecule is CC(Nc1ncnc2nc[nH]c12)c1nc2sccn2c(=O)c1-c1ccccc1. The average Bonchev–Trinajstić information content (AvgIpc) is 3.38. The highest BCUT2D eigenvalue weighted by Crippen LogP contribution is 2.28. The standard InChI is InChI=1S/C19H15N7OS/c1-11(24-17-15-16(21-9-20-15)22-10-23-17)14-13(12-5-3-2-4-6-12)18(27)26-7-8-28-19(26)25-14/h2-11H,1H3,(H2,20,21,22,23,24). The van der Waals surface area contributed by atoms with Crippen LogP contribution in [0.5, 0.6) is 0 Å². The van der Waals surface area contributed by atoms with Crippen molar-refractivity contribution in [3.8, 4) is 11.1 Å². The Morgan fingerprint density at radius 2 is 2.04 bits per heavy atom. The molecule has 28 heavy (non-hydrogen) atoms. The number of imidazole rings is 1. The molecular weight excluding hydrogens is 374 g/mol. The molecule has 138 valence electrons. The number of fused-ring (bicyclic) bond motifs is 2. The van der Waals surface area contributed by atoms with Crippen molar-refractivity contribution in [3.05, 3.63) is 70.6 Å². The minimum absolute atomic E-state index is 0.0875. The molecule has 0 fully saturated rings. The van der Waals surface area contributed by atoms with Crippen LogP contribution in [-0.2, 0) is 0 Å². The van der Waals surface area contributed by atoms with E-state index in [-0.39, 0.29) is 11.6 Å². The fourth-order valence-corrected chi connectivity index (χ4v) is 3.95. The van der Waals surface area contributed by atoms with E-state index in [4.69, 9.17) is 4.98 Å². The molecule has 1 atom stereocenters. The highest BCUT2D eigenvalue weighted by atomic mass is 32.1. The van der Waals surface area contributed by atoms with Gasteiger partial charge in [0.15, 0.2) is 16.4 Å². The number of nitrogens with zero attached hydrogens (tertiary/aromatic N) is 5. The summed E-state index contributed by atoms with van der Waals surface area (Å²) in [7, 11) is 0. The number of aromatic amines is 1. The molecule has 4 aromatic heterocycles. The van der Waals surface area contributed by atoms with Crippen LogP contribution in [0.15, 0.2) is 59.4 Å². The van der Waals surface area contributed by atoms with Gasteiger partial charge in [-0.3, -0.25) is 9.20 Å². The van der Waals surface area contributed by atoms with E-state index in [1.807, 2.05) is 42.6 Å². The largest absolute Gasteiger partial charge is 0.360 e. The number of H-pyrrole nitrogens is 1. The van der Waals surface area contributed by atoms with Crippen LogP contribution in [0.25, 0.3) is 27.3 Å². The van der Waals surface area contributed by atoms with Crippen molar-refractivity contribution in [1.82, 2.24) is 29.3 Å². The summed E-state index contributed by atoms with van der Waals surface area (Å²) in [6, 6.07) is 9.33. The first-order valence-electron chi connectivity index (χ1n) is 8.68. The van der Waals surface area contributed by atoms with Crippen LogP contribution >= 0.6 is 11.3 Å². The van der Waals surface area contributed by atoms with Gasteiger partial charge in [0.05, 0.1) is 23.6 Å². The number of anilines is 1. The first-order valence-corrected chi connectivity index (χ1v) is 9.56. The lowest BCUT2D eigenvalue weighted by Crippen LogP contribution is -2.22. The lowest BCUT2D eigenvalue weighted by atomic mass is 10.0. The van der Waals surface area contributed by atoms with Gasteiger partial charge in [-0.25, -0.2) is 19.9 Å². The van der Waals surface area contributed by atoms with Gasteiger partial charge in [0.1, 0.15) is 11.8 Å². The van der Waals surface area contributed by atoms with Crippen LogP contribution in [0, 0.1) is 0 Å². The van der Waals surface area contributed by atoms with Gasteiger partial charge in [-0.15, -0.1) is 11.3 Å². The zero-order valence-electron chi connectivity index (χ0n) is 14.8. The van der Waals surface area contributed by atoms with Gasteiger partial charge >= 0.3 is 0 Å². The maximum absolute atomic E-state index is 13.2. The van der Waals surface area contributed by atoms with Crippen molar-refractivity contribution in [2.75, 3.05) is 5.32 Å². The summed E-state index contributed by atoms with van der Waals surface area (Å²) in [5, 5.41) is 5.21. The molecule has 0 aliphatic heterocycles. The summed E-state index contributed by atoms with van der Waals surface area (Å²) < 4.78 is 1.58. The number of rotatable bonds is 4. The second kappa shape index (κ2) is 6.54. The van der Waals surface area contributed by atoms with E-state index in [0.29, 0.717) is 33.2 Å². The van der Waals surface area contributed by atoms with Gasteiger partial charge in [-0.1, -0.05) is 30.3 Å².